The highest BCUT2D eigenvalue weighted by Crippen LogP contribution is 2.21. The van der Waals surface area contributed by atoms with Gasteiger partial charge in [-0.25, -0.2) is 4.39 Å². The van der Waals surface area contributed by atoms with Crippen molar-refractivity contribution in [3.05, 3.63) is 29.6 Å². The number of likely N-dealkylation sites (N-methyl/N-ethyl adjacent to an activating group) is 1. The van der Waals surface area contributed by atoms with E-state index in [4.69, 9.17) is 9.47 Å². The maximum absolute atomic E-state index is 14.0. The molecule has 0 aliphatic carbocycles. The summed E-state index contributed by atoms with van der Waals surface area (Å²) < 4.78 is 24.4. The number of ether oxygens (including phenoxy) is 2. The maximum atomic E-state index is 14.0. The van der Waals surface area contributed by atoms with Crippen molar-refractivity contribution in [3.63, 3.8) is 0 Å². The summed E-state index contributed by atoms with van der Waals surface area (Å²) in [5, 5.41) is 3.14. The smallest absolute Gasteiger partial charge is 0.168 e. The van der Waals surface area contributed by atoms with Gasteiger partial charge in [0.05, 0.1) is 13.7 Å². The number of hydrogen-bond acceptors (Lipinski definition) is 3. The summed E-state index contributed by atoms with van der Waals surface area (Å²) in [5.74, 6) is 0.00701. The monoisotopic (exact) mass is 255 g/mol. The lowest BCUT2D eigenvalue weighted by Crippen LogP contribution is -2.33. The fourth-order valence-corrected chi connectivity index (χ4v) is 1.75. The Bertz CT molecular complexity index is 358. The Hall–Kier alpha value is -1.13. The minimum Gasteiger partial charge on any atom is -0.494 e. The fraction of sp³-hybridized carbons (Fsp3) is 0.571. The van der Waals surface area contributed by atoms with Crippen LogP contribution in [0.2, 0.25) is 0 Å². The van der Waals surface area contributed by atoms with E-state index in [0.717, 1.165) is 13.0 Å². The second-order valence-corrected chi connectivity index (χ2v) is 4.20. The molecule has 0 radical (unpaired) electrons. The van der Waals surface area contributed by atoms with Crippen LogP contribution < -0.4 is 10.1 Å². The molecule has 102 valence electrons. The van der Waals surface area contributed by atoms with E-state index in [1.54, 1.807) is 18.2 Å². The van der Waals surface area contributed by atoms with E-state index in [9.17, 15) is 4.39 Å². The standard InChI is InChI=1S/C14H22FNO2/c1-4-8-18-10-12(16-2)9-11-6-5-7-13(17-3)14(11)15/h5-7,12,16H,4,8-10H2,1-3H3. The van der Waals surface area contributed by atoms with E-state index in [2.05, 4.69) is 12.2 Å². The van der Waals surface area contributed by atoms with Gasteiger partial charge in [0.1, 0.15) is 0 Å². The molecule has 18 heavy (non-hydrogen) atoms. The van der Waals surface area contributed by atoms with Gasteiger partial charge in [0, 0.05) is 12.6 Å². The Balaban J connectivity index is 2.63. The molecule has 0 aliphatic rings. The molecular formula is C14H22FNO2. The zero-order valence-electron chi connectivity index (χ0n) is 11.3. The van der Waals surface area contributed by atoms with Crippen LogP contribution in [0.5, 0.6) is 5.75 Å². The van der Waals surface area contributed by atoms with E-state index in [1.807, 2.05) is 7.05 Å². The zero-order chi connectivity index (χ0) is 13.4. The van der Waals surface area contributed by atoms with Crippen molar-refractivity contribution in [3.8, 4) is 5.75 Å². The van der Waals surface area contributed by atoms with Crippen LogP contribution in [0.3, 0.4) is 0 Å². The molecule has 4 heteroatoms. The summed E-state index contributed by atoms with van der Waals surface area (Å²) >= 11 is 0. The average Bonchev–Trinajstić information content (AvgIpc) is 2.40. The van der Waals surface area contributed by atoms with Gasteiger partial charge in [-0.15, -0.1) is 0 Å². The molecule has 0 aliphatic heterocycles. The van der Waals surface area contributed by atoms with Crippen molar-refractivity contribution in [1.82, 2.24) is 5.32 Å². The summed E-state index contributed by atoms with van der Waals surface area (Å²) in [6, 6.07) is 5.32. The van der Waals surface area contributed by atoms with E-state index in [-0.39, 0.29) is 17.6 Å². The van der Waals surface area contributed by atoms with Crippen LogP contribution in [0, 0.1) is 5.82 Å². The van der Waals surface area contributed by atoms with E-state index < -0.39 is 0 Å². The van der Waals surface area contributed by atoms with Crippen LogP contribution in [0.15, 0.2) is 18.2 Å². The Labute approximate surface area is 108 Å². The molecule has 0 bridgehead atoms. The number of benzene rings is 1. The van der Waals surface area contributed by atoms with Crippen LogP contribution in [-0.2, 0) is 11.2 Å². The molecule has 1 rings (SSSR count). The first-order chi connectivity index (χ1) is 8.72. The summed E-state index contributed by atoms with van der Waals surface area (Å²) in [7, 11) is 3.33. The molecule has 0 amide bonds. The second-order valence-electron chi connectivity index (χ2n) is 4.20. The lowest BCUT2D eigenvalue weighted by Gasteiger charge is -2.17. The van der Waals surface area contributed by atoms with Gasteiger partial charge < -0.3 is 14.8 Å². The van der Waals surface area contributed by atoms with Gasteiger partial charge >= 0.3 is 0 Å². The molecule has 0 saturated carbocycles. The normalized spacial score (nSPS) is 12.4. The maximum Gasteiger partial charge on any atom is 0.168 e. The molecule has 1 unspecified atom stereocenters. The quantitative estimate of drug-likeness (QED) is 0.724. The van der Waals surface area contributed by atoms with Gasteiger partial charge in [-0.2, -0.15) is 0 Å². The average molecular weight is 255 g/mol. The minimum absolute atomic E-state index is 0.109. The number of methoxy groups -OCH3 is 1. The largest absolute Gasteiger partial charge is 0.494 e. The minimum atomic E-state index is -0.282. The van der Waals surface area contributed by atoms with E-state index in [0.29, 0.717) is 18.6 Å². The molecule has 0 heterocycles. The van der Waals surface area contributed by atoms with E-state index in [1.165, 1.54) is 7.11 Å². The number of nitrogens with one attached hydrogen (secondary N) is 1. The first kappa shape index (κ1) is 14.9. The molecule has 3 nitrogen and oxygen atoms in total. The van der Waals surface area contributed by atoms with Crippen LogP contribution >= 0.6 is 0 Å². The van der Waals surface area contributed by atoms with Crippen molar-refractivity contribution in [2.24, 2.45) is 0 Å². The second kappa shape index (κ2) is 8.06. The number of halogens is 1. The highest BCUT2D eigenvalue weighted by atomic mass is 19.1. The van der Waals surface area contributed by atoms with E-state index >= 15 is 0 Å². The Kier molecular flexibility index (Phi) is 6.68. The third-order valence-corrected chi connectivity index (χ3v) is 2.81. The van der Waals surface area contributed by atoms with Gasteiger partial charge in [-0.05, 0) is 31.5 Å². The molecule has 0 spiro atoms. The van der Waals surface area contributed by atoms with Crippen molar-refractivity contribution < 1.29 is 13.9 Å². The number of hydrogen-bond donors (Lipinski definition) is 1. The molecule has 1 atom stereocenters. The fourth-order valence-electron chi connectivity index (χ4n) is 1.75. The highest BCUT2D eigenvalue weighted by Gasteiger charge is 2.13. The van der Waals surface area contributed by atoms with Gasteiger partial charge in [-0.3, -0.25) is 0 Å². The molecular weight excluding hydrogens is 233 g/mol. The lowest BCUT2D eigenvalue weighted by atomic mass is 10.1. The summed E-state index contributed by atoms with van der Waals surface area (Å²) in [6.07, 6.45) is 1.58. The third kappa shape index (κ3) is 4.27. The van der Waals surface area contributed by atoms with Gasteiger partial charge in [0.15, 0.2) is 11.6 Å². The van der Waals surface area contributed by atoms with Crippen LogP contribution in [0.25, 0.3) is 0 Å². The highest BCUT2D eigenvalue weighted by molar-refractivity contribution is 5.31. The Morgan fingerprint density at radius 2 is 2.17 bits per heavy atom. The van der Waals surface area contributed by atoms with Gasteiger partial charge in [0.2, 0.25) is 0 Å². The Morgan fingerprint density at radius 3 is 2.78 bits per heavy atom. The SMILES string of the molecule is CCCOCC(Cc1cccc(OC)c1F)NC. The first-order valence-electron chi connectivity index (χ1n) is 6.29. The molecule has 1 aromatic carbocycles. The van der Waals surface area contributed by atoms with Gasteiger partial charge in [-0.1, -0.05) is 19.1 Å². The van der Waals surface area contributed by atoms with Crippen molar-refractivity contribution in [2.75, 3.05) is 27.4 Å². The van der Waals surface area contributed by atoms with Gasteiger partial charge in [0.25, 0.3) is 0 Å². The van der Waals surface area contributed by atoms with Crippen LogP contribution in [0.1, 0.15) is 18.9 Å². The molecule has 0 saturated heterocycles. The first-order valence-corrected chi connectivity index (χ1v) is 6.29. The van der Waals surface area contributed by atoms with Crippen molar-refractivity contribution in [2.45, 2.75) is 25.8 Å². The van der Waals surface area contributed by atoms with Crippen molar-refractivity contribution in [1.29, 1.82) is 0 Å². The molecule has 0 fully saturated rings. The molecule has 1 N–H and O–H groups in total. The zero-order valence-corrected chi connectivity index (χ0v) is 11.3. The van der Waals surface area contributed by atoms with Crippen LogP contribution in [-0.4, -0.2) is 33.4 Å². The number of rotatable bonds is 8. The van der Waals surface area contributed by atoms with Crippen molar-refractivity contribution >= 4 is 0 Å². The summed E-state index contributed by atoms with van der Waals surface area (Å²) in [5.41, 5.74) is 0.647. The third-order valence-electron chi connectivity index (χ3n) is 2.81. The predicted molar refractivity (Wildman–Crippen MR) is 70.6 cm³/mol. The Morgan fingerprint density at radius 1 is 1.39 bits per heavy atom. The predicted octanol–water partition coefficient (Wildman–Crippen LogP) is 2.39. The van der Waals surface area contributed by atoms with Crippen LogP contribution in [0.4, 0.5) is 4.39 Å². The summed E-state index contributed by atoms with van der Waals surface area (Å²) in [4.78, 5) is 0. The molecule has 1 aromatic rings. The topological polar surface area (TPSA) is 30.5 Å². The lowest BCUT2D eigenvalue weighted by molar-refractivity contribution is 0.113. The summed E-state index contributed by atoms with van der Waals surface area (Å²) in [6.45, 7) is 3.38. The molecule has 0 aromatic heterocycles.